The number of carbonyl (C=O) groups is 1. The Hall–Kier alpha value is -0.690. The van der Waals surface area contributed by atoms with Crippen molar-refractivity contribution in [2.24, 2.45) is 0 Å². The number of aliphatic hydroxyl groups is 1. The summed E-state index contributed by atoms with van der Waals surface area (Å²) < 4.78 is 11.3. The van der Waals surface area contributed by atoms with Crippen LogP contribution < -0.4 is 0 Å². The molecule has 0 bridgehead atoms. The van der Waals surface area contributed by atoms with E-state index in [1.54, 1.807) is 6.92 Å². The predicted molar refractivity (Wildman–Crippen MR) is 83.7 cm³/mol. The molecule has 6 heteroatoms. The van der Waals surface area contributed by atoms with E-state index in [1.165, 1.54) is 6.42 Å². The second-order valence-electron chi connectivity index (χ2n) is 6.44. The minimum Gasteiger partial charge on any atom is -0.392 e. The largest absolute Gasteiger partial charge is 0.392 e. The van der Waals surface area contributed by atoms with Gasteiger partial charge in [0.15, 0.2) is 0 Å². The lowest BCUT2D eigenvalue weighted by Gasteiger charge is -2.36. The SMILES string of the molecule is C[C@H](O)CN1CCN(C(=O)[C@H](C)OC[C@H]2CCCCO2)CC1. The number of hydrogen-bond donors (Lipinski definition) is 1. The van der Waals surface area contributed by atoms with Gasteiger partial charge in [-0.25, -0.2) is 0 Å². The van der Waals surface area contributed by atoms with Gasteiger partial charge in [-0.05, 0) is 33.1 Å². The standard InChI is InChI=1S/C16H30N2O4/c1-13(19)11-17-6-8-18(9-7-17)16(20)14(2)22-12-15-5-3-4-10-21-15/h13-15,19H,3-12H2,1-2H3/t13-,14-,15+/m0/s1. The molecule has 2 saturated heterocycles. The number of amides is 1. The second-order valence-corrected chi connectivity index (χ2v) is 6.44. The molecule has 2 heterocycles. The Morgan fingerprint density at radius 2 is 2.00 bits per heavy atom. The Labute approximate surface area is 133 Å². The van der Waals surface area contributed by atoms with E-state index >= 15 is 0 Å². The molecule has 2 rings (SSSR count). The number of hydrogen-bond acceptors (Lipinski definition) is 5. The van der Waals surface area contributed by atoms with Gasteiger partial charge in [0.05, 0.1) is 18.8 Å². The van der Waals surface area contributed by atoms with Gasteiger partial charge in [0.1, 0.15) is 6.10 Å². The predicted octanol–water partition coefficient (Wildman–Crippen LogP) is 0.486. The van der Waals surface area contributed by atoms with E-state index in [2.05, 4.69) is 4.90 Å². The van der Waals surface area contributed by atoms with Crippen LogP contribution in [-0.2, 0) is 14.3 Å². The van der Waals surface area contributed by atoms with Crippen LogP contribution in [0.4, 0.5) is 0 Å². The molecule has 0 unspecified atom stereocenters. The average molecular weight is 314 g/mol. The molecule has 2 aliphatic rings. The van der Waals surface area contributed by atoms with E-state index in [0.29, 0.717) is 26.2 Å². The van der Waals surface area contributed by atoms with Crippen molar-refractivity contribution in [2.75, 3.05) is 45.9 Å². The highest BCUT2D eigenvalue weighted by molar-refractivity contribution is 5.80. The van der Waals surface area contributed by atoms with Crippen LogP contribution in [-0.4, -0.2) is 85.1 Å². The first-order valence-electron chi connectivity index (χ1n) is 8.48. The number of β-amino-alcohol motifs (C(OH)–C–C–N with tert-alkyl or cyclic N) is 1. The number of rotatable bonds is 6. The molecule has 22 heavy (non-hydrogen) atoms. The highest BCUT2D eigenvalue weighted by atomic mass is 16.5. The van der Waals surface area contributed by atoms with Gasteiger partial charge in [0.25, 0.3) is 5.91 Å². The maximum atomic E-state index is 12.4. The van der Waals surface area contributed by atoms with Crippen LogP contribution in [0.5, 0.6) is 0 Å². The van der Waals surface area contributed by atoms with Gasteiger partial charge in [-0.1, -0.05) is 0 Å². The molecule has 2 fully saturated rings. The summed E-state index contributed by atoms with van der Waals surface area (Å²) in [5.41, 5.74) is 0. The van der Waals surface area contributed by atoms with E-state index in [9.17, 15) is 9.90 Å². The molecule has 1 amide bonds. The van der Waals surface area contributed by atoms with Crippen molar-refractivity contribution < 1.29 is 19.4 Å². The molecule has 0 spiro atoms. The van der Waals surface area contributed by atoms with Crippen molar-refractivity contribution in [3.63, 3.8) is 0 Å². The van der Waals surface area contributed by atoms with Crippen LogP contribution >= 0.6 is 0 Å². The van der Waals surface area contributed by atoms with Gasteiger partial charge in [-0.3, -0.25) is 9.69 Å². The zero-order valence-corrected chi connectivity index (χ0v) is 13.9. The Bertz CT molecular complexity index is 337. The van der Waals surface area contributed by atoms with Crippen LogP contribution in [0.3, 0.4) is 0 Å². The number of ether oxygens (including phenoxy) is 2. The number of piperazine rings is 1. The zero-order chi connectivity index (χ0) is 15.9. The first-order chi connectivity index (χ1) is 10.6. The zero-order valence-electron chi connectivity index (χ0n) is 13.9. The van der Waals surface area contributed by atoms with Crippen LogP contribution in [0.1, 0.15) is 33.1 Å². The maximum Gasteiger partial charge on any atom is 0.251 e. The first-order valence-corrected chi connectivity index (χ1v) is 8.48. The van der Waals surface area contributed by atoms with Gasteiger partial charge in [-0.15, -0.1) is 0 Å². The van der Waals surface area contributed by atoms with Gasteiger partial charge in [-0.2, -0.15) is 0 Å². The minimum atomic E-state index is -0.408. The molecule has 3 atom stereocenters. The highest BCUT2D eigenvalue weighted by Gasteiger charge is 2.26. The van der Waals surface area contributed by atoms with E-state index in [4.69, 9.17) is 9.47 Å². The van der Waals surface area contributed by atoms with Crippen LogP contribution in [0.25, 0.3) is 0 Å². The fourth-order valence-electron chi connectivity index (χ4n) is 3.04. The summed E-state index contributed by atoms with van der Waals surface area (Å²) in [5.74, 6) is 0.0625. The maximum absolute atomic E-state index is 12.4. The van der Waals surface area contributed by atoms with Gasteiger partial charge >= 0.3 is 0 Å². The number of nitrogens with zero attached hydrogens (tertiary/aromatic N) is 2. The molecule has 0 saturated carbocycles. The van der Waals surface area contributed by atoms with Crippen molar-refractivity contribution in [1.82, 2.24) is 9.80 Å². The molecule has 0 aliphatic carbocycles. The van der Waals surface area contributed by atoms with E-state index in [-0.39, 0.29) is 18.1 Å². The minimum absolute atomic E-state index is 0.0625. The molecule has 2 aliphatic heterocycles. The fraction of sp³-hybridized carbons (Fsp3) is 0.938. The summed E-state index contributed by atoms with van der Waals surface area (Å²) in [4.78, 5) is 16.4. The highest BCUT2D eigenvalue weighted by Crippen LogP contribution is 2.14. The normalized spacial score (nSPS) is 26.7. The van der Waals surface area contributed by atoms with E-state index < -0.39 is 6.10 Å². The number of carbonyl (C=O) groups excluding carboxylic acids is 1. The average Bonchev–Trinajstić information content (AvgIpc) is 2.53. The molecule has 1 N–H and O–H groups in total. The summed E-state index contributed by atoms with van der Waals surface area (Å²) in [5, 5.41) is 9.41. The molecule has 0 aromatic heterocycles. The summed E-state index contributed by atoms with van der Waals surface area (Å²) in [6.45, 7) is 8.65. The summed E-state index contributed by atoms with van der Waals surface area (Å²) >= 11 is 0. The summed E-state index contributed by atoms with van der Waals surface area (Å²) in [6, 6.07) is 0. The molecule has 128 valence electrons. The summed E-state index contributed by atoms with van der Waals surface area (Å²) in [7, 11) is 0. The Balaban J connectivity index is 1.67. The third-order valence-electron chi connectivity index (χ3n) is 4.36. The molecular weight excluding hydrogens is 284 g/mol. The van der Waals surface area contributed by atoms with Crippen molar-refractivity contribution in [3.8, 4) is 0 Å². The quantitative estimate of drug-likeness (QED) is 0.773. The molecular formula is C16H30N2O4. The molecule has 0 radical (unpaired) electrons. The van der Waals surface area contributed by atoms with Gasteiger partial charge < -0.3 is 19.5 Å². The van der Waals surface area contributed by atoms with Crippen LogP contribution in [0, 0.1) is 0 Å². The lowest BCUT2D eigenvalue weighted by molar-refractivity contribution is -0.148. The van der Waals surface area contributed by atoms with Gasteiger partial charge in [0.2, 0.25) is 0 Å². The molecule has 6 nitrogen and oxygen atoms in total. The van der Waals surface area contributed by atoms with Crippen molar-refractivity contribution in [1.29, 1.82) is 0 Å². The fourth-order valence-corrected chi connectivity index (χ4v) is 3.04. The van der Waals surface area contributed by atoms with Crippen molar-refractivity contribution in [2.45, 2.75) is 51.4 Å². The molecule has 0 aromatic rings. The third-order valence-corrected chi connectivity index (χ3v) is 4.36. The van der Waals surface area contributed by atoms with Crippen LogP contribution in [0.2, 0.25) is 0 Å². The second kappa shape index (κ2) is 8.82. The van der Waals surface area contributed by atoms with Crippen LogP contribution in [0.15, 0.2) is 0 Å². The topological polar surface area (TPSA) is 62.2 Å². The summed E-state index contributed by atoms with van der Waals surface area (Å²) in [6.07, 6.45) is 2.75. The Morgan fingerprint density at radius 3 is 2.59 bits per heavy atom. The Morgan fingerprint density at radius 1 is 1.27 bits per heavy atom. The van der Waals surface area contributed by atoms with Crippen molar-refractivity contribution >= 4 is 5.91 Å². The lowest BCUT2D eigenvalue weighted by atomic mass is 10.1. The monoisotopic (exact) mass is 314 g/mol. The van der Waals surface area contributed by atoms with Gasteiger partial charge in [0, 0.05) is 39.3 Å². The van der Waals surface area contributed by atoms with E-state index in [1.807, 2.05) is 11.8 Å². The molecule has 0 aromatic carbocycles. The first kappa shape index (κ1) is 17.7. The number of aliphatic hydroxyl groups excluding tert-OH is 1. The van der Waals surface area contributed by atoms with Crippen molar-refractivity contribution in [3.05, 3.63) is 0 Å². The lowest BCUT2D eigenvalue weighted by Crippen LogP contribution is -2.52. The van der Waals surface area contributed by atoms with E-state index in [0.717, 1.165) is 32.5 Å². The smallest absolute Gasteiger partial charge is 0.251 e. The third kappa shape index (κ3) is 5.50. The Kier molecular flexibility index (Phi) is 7.08.